The Morgan fingerprint density at radius 1 is 1.29 bits per heavy atom. The van der Waals surface area contributed by atoms with Crippen LogP contribution in [-0.4, -0.2) is 31.4 Å². The van der Waals surface area contributed by atoms with Crippen LogP contribution in [0.15, 0.2) is 0 Å². The molecule has 0 amide bonds. The summed E-state index contributed by atoms with van der Waals surface area (Å²) in [7, 11) is 1.13. The molecular formula is C9H14O5. The van der Waals surface area contributed by atoms with Gasteiger partial charge in [-0.25, -0.2) is 4.79 Å². The highest BCUT2D eigenvalue weighted by Crippen LogP contribution is 2.00. The van der Waals surface area contributed by atoms with Gasteiger partial charge in [0.2, 0.25) is 5.78 Å². The normalized spacial score (nSPS) is 11.6. The van der Waals surface area contributed by atoms with E-state index in [0.29, 0.717) is 0 Å². The molecular weight excluding hydrogens is 188 g/mol. The zero-order valence-electron chi connectivity index (χ0n) is 8.53. The first kappa shape index (κ1) is 12.6. The quantitative estimate of drug-likeness (QED) is 0.474. The minimum atomic E-state index is -0.912. The van der Waals surface area contributed by atoms with Gasteiger partial charge in [-0.15, -0.1) is 0 Å². The molecule has 0 aromatic rings. The first-order valence-electron chi connectivity index (χ1n) is 4.30. The van der Waals surface area contributed by atoms with E-state index in [1.807, 2.05) is 0 Å². The third kappa shape index (κ3) is 4.02. The fourth-order valence-electron chi connectivity index (χ4n) is 0.697. The molecule has 1 atom stereocenters. The highest BCUT2D eigenvalue weighted by molar-refractivity contribution is 6.34. The lowest BCUT2D eigenvalue weighted by atomic mass is 10.1. The van der Waals surface area contributed by atoms with Gasteiger partial charge in [0.25, 0.3) is 0 Å². The summed E-state index contributed by atoms with van der Waals surface area (Å²) < 4.78 is 8.94. The molecule has 80 valence electrons. The molecule has 0 fully saturated rings. The van der Waals surface area contributed by atoms with E-state index in [1.54, 1.807) is 6.92 Å². The summed E-state index contributed by atoms with van der Waals surface area (Å²) in [4.78, 5) is 32.6. The topological polar surface area (TPSA) is 69.7 Å². The van der Waals surface area contributed by atoms with Gasteiger partial charge in [0, 0.05) is 6.42 Å². The summed E-state index contributed by atoms with van der Waals surface area (Å²) in [6.45, 7) is 3.07. The van der Waals surface area contributed by atoms with Crippen LogP contribution >= 0.6 is 0 Å². The van der Waals surface area contributed by atoms with Crippen molar-refractivity contribution in [2.24, 2.45) is 5.92 Å². The molecule has 14 heavy (non-hydrogen) atoms. The van der Waals surface area contributed by atoms with E-state index in [0.717, 1.165) is 7.11 Å². The van der Waals surface area contributed by atoms with Crippen molar-refractivity contribution in [3.63, 3.8) is 0 Å². The van der Waals surface area contributed by atoms with E-state index in [-0.39, 0.29) is 13.0 Å². The molecule has 0 radical (unpaired) electrons. The summed E-state index contributed by atoms with van der Waals surface area (Å²) >= 11 is 0. The van der Waals surface area contributed by atoms with Crippen molar-refractivity contribution < 1.29 is 23.9 Å². The fourth-order valence-corrected chi connectivity index (χ4v) is 0.697. The number of Topliss-reactive ketones (excluding diaryl/α,β-unsaturated/α-hetero) is 1. The second kappa shape index (κ2) is 6.12. The minimum Gasteiger partial charge on any atom is -0.465 e. The van der Waals surface area contributed by atoms with Crippen molar-refractivity contribution >= 4 is 17.7 Å². The number of hydrogen-bond acceptors (Lipinski definition) is 5. The number of carbonyl (C=O) groups excluding carboxylic acids is 3. The van der Waals surface area contributed by atoms with Crippen molar-refractivity contribution in [3.05, 3.63) is 0 Å². The predicted molar refractivity (Wildman–Crippen MR) is 47.4 cm³/mol. The fraction of sp³-hybridized carbons (Fsp3) is 0.667. The first-order chi connectivity index (χ1) is 6.52. The van der Waals surface area contributed by atoms with E-state index < -0.39 is 23.6 Å². The van der Waals surface area contributed by atoms with Crippen molar-refractivity contribution in [2.45, 2.75) is 20.3 Å². The molecule has 0 spiro atoms. The van der Waals surface area contributed by atoms with Gasteiger partial charge in [0.15, 0.2) is 0 Å². The summed E-state index contributed by atoms with van der Waals surface area (Å²) in [5, 5.41) is 0. The van der Waals surface area contributed by atoms with Gasteiger partial charge in [-0.3, -0.25) is 9.59 Å². The number of methoxy groups -OCH3 is 1. The highest BCUT2D eigenvalue weighted by atomic mass is 16.5. The van der Waals surface area contributed by atoms with E-state index in [4.69, 9.17) is 4.74 Å². The van der Waals surface area contributed by atoms with Crippen molar-refractivity contribution in [2.75, 3.05) is 13.7 Å². The Morgan fingerprint density at radius 2 is 1.86 bits per heavy atom. The Bertz CT molecular complexity index is 233. The highest BCUT2D eigenvalue weighted by Gasteiger charge is 2.22. The number of ketones is 1. The molecule has 0 aliphatic carbocycles. The average molecular weight is 202 g/mol. The Labute approximate surface area is 82.4 Å². The number of hydrogen-bond donors (Lipinski definition) is 0. The average Bonchev–Trinajstić information content (AvgIpc) is 2.22. The van der Waals surface area contributed by atoms with Crippen LogP contribution in [0.5, 0.6) is 0 Å². The maximum Gasteiger partial charge on any atom is 0.374 e. The second-order valence-electron chi connectivity index (χ2n) is 2.79. The summed E-state index contributed by atoms with van der Waals surface area (Å²) in [5.74, 6) is -2.64. The van der Waals surface area contributed by atoms with Crippen LogP contribution in [0.25, 0.3) is 0 Å². The van der Waals surface area contributed by atoms with Gasteiger partial charge in [-0.05, 0) is 0 Å². The molecule has 0 aromatic heterocycles. The monoisotopic (exact) mass is 202 g/mol. The molecule has 0 heterocycles. The third-order valence-corrected chi connectivity index (χ3v) is 1.62. The standard InChI is InChI=1S/C9H14O5/c1-4-7(10)14-5-6(2)8(11)9(12)13-3/h6H,4-5H2,1-3H3. The maximum atomic E-state index is 11.1. The predicted octanol–water partition coefficient (Wildman–Crippen LogP) is 0.318. The van der Waals surface area contributed by atoms with Crippen LogP contribution in [-0.2, 0) is 23.9 Å². The molecule has 5 heteroatoms. The molecule has 0 saturated heterocycles. The van der Waals surface area contributed by atoms with E-state index in [2.05, 4.69) is 4.74 Å². The Morgan fingerprint density at radius 3 is 2.29 bits per heavy atom. The SMILES string of the molecule is CCC(=O)OCC(C)C(=O)C(=O)OC. The third-order valence-electron chi connectivity index (χ3n) is 1.62. The zero-order valence-corrected chi connectivity index (χ0v) is 8.53. The van der Waals surface area contributed by atoms with Crippen LogP contribution in [0.3, 0.4) is 0 Å². The summed E-state index contributed by atoms with van der Waals surface area (Å²) in [6.07, 6.45) is 0.249. The van der Waals surface area contributed by atoms with Gasteiger partial charge in [-0.2, -0.15) is 0 Å². The van der Waals surface area contributed by atoms with Gasteiger partial charge in [0.1, 0.15) is 6.61 Å². The number of ether oxygens (including phenoxy) is 2. The van der Waals surface area contributed by atoms with Crippen LogP contribution in [0, 0.1) is 5.92 Å². The lowest BCUT2D eigenvalue weighted by Gasteiger charge is -2.08. The van der Waals surface area contributed by atoms with Crippen LogP contribution in [0.4, 0.5) is 0 Å². The lowest BCUT2D eigenvalue weighted by molar-refractivity contribution is -0.156. The molecule has 0 rings (SSSR count). The largest absolute Gasteiger partial charge is 0.465 e. The van der Waals surface area contributed by atoms with Gasteiger partial charge < -0.3 is 9.47 Å². The molecule has 0 saturated carbocycles. The minimum absolute atomic E-state index is 0.0827. The second-order valence-corrected chi connectivity index (χ2v) is 2.79. The molecule has 0 N–H and O–H groups in total. The van der Waals surface area contributed by atoms with E-state index in [1.165, 1.54) is 6.92 Å². The Balaban J connectivity index is 3.96. The van der Waals surface area contributed by atoms with Crippen molar-refractivity contribution in [1.29, 1.82) is 0 Å². The van der Waals surface area contributed by atoms with Gasteiger partial charge in [0.05, 0.1) is 13.0 Å². The smallest absolute Gasteiger partial charge is 0.374 e. The van der Waals surface area contributed by atoms with Gasteiger partial charge >= 0.3 is 11.9 Å². The zero-order chi connectivity index (χ0) is 11.1. The Hall–Kier alpha value is -1.39. The maximum absolute atomic E-state index is 11.1. The number of carbonyl (C=O) groups is 3. The lowest BCUT2D eigenvalue weighted by Crippen LogP contribution is -2.27. The molecule has 5 nitrogen and oxygen atoms in total. The van der Waals surface area contributed by atoms with Crippen LogP contribution < -0.4 is 0 Å². The summed E-state index contributed by atoms with van der Waals surface area (Å²) in [5.41, 5.74) is 0. The molecule has 0 bridgehead atoms. The summed E-state index contributed by atoms with van der Waals surface area (Å²) in [6, 6.07) is 0. The number of rotatable bonds is 5. The molecule has 0 aromatic carbocycles. The van der Waals surface area contributed by atoms with Crippen molar-refractivity contribution in [1.82, 2.24) is 0 Å². The van der Waals surface area contributed by atoms with E-state index >= 15 is 0 Å². The van der Waals surface area contributed by atoms with Crippen molar-refractivity contribution in [3.8, 4) is 0 Å². The Kier molecular flexibility index (Phi) is 5.52. The van der Waals surface area contributed by atoms with Gasteiger partial charge in [-0.1, -0.05) is 13.8 Å². The van der Waals surface area contributed by atoms with Crippen LogP contribution in [0.2, 0.25) is 0 Å². The van der Waals surface area contributed by atoms with Crippen LogP contribution in [0.1, 0.15) is 20.3 Å². The molecule has 0 aliphatic heterocycles. The molecule has 0 aliphatic rings. The van der Waals surface area contributed by atoms with E-state index in [9.17, 15) is 14.4 Å². The number of esters is 2. The molecule has 1 unspecified atom stereocenters. The first-order valence-corrected chi connectivity index (χ1v) is 4.30.